The van der Waals surface area contributed by atoms with Crippen molar-refractivity contribution in [1.82, 2.24) is 4.98 Å². The minimum Gasteiger partial charge on any atom is -0.455 e. The van der Waals surface area contributed by atoms with E-state index < -0.39 is 0 Å². The minimum atomic E-state index is 0.0726. The van der Waals surface area contributed by atoms with E-state index in [-0.39, 0.29) is 5.41 Å². The Morgan fingerprint density at radius 3 is 1.89 bits per heavy atom. The van der Waals surface area contributed by atoms with Gasteiger partial charge in [-0.05, 0) is 84.3 Å². The highest BCUT2D eigenvalue weighted by atomic mass is 16.3. The lowest BCUT2D eigenvalue weighted by Crippen LogP contribution is -2.10. The maximum Gasteiger partial charge on any atom is 0.143 e. The maximum atomic E-state index is 6.36. The van der Waals surface area contributed by atoms with E-state index in [9.17, 15) is 0 Å². The molecule has 214 valence electrons. The highest BCUT2D eigenvalue weighted by Gasteiger charge is 2.20. The first kappa shape index (κ1) is 26.0. The maximum absolute atomic E-state index is 6.36. The normalized spacial score (nSPS) is 12.3. The summed E-state index contributed by atoms with van der Waals surface area (Å²) < 4.78 is 6.36. The fourth-order valence-corrected chi connectivity index (χ4v) is 7.13. The van der Waals surface area contributed by atoms with E-state index in [0.29, 0.717) is 0 Å². The van der Waals surface area contributed by atoms with Gasteiger partial charge in [0.25, 0.3) is 0 Å². The SMILES string of the molecule is CC(C)(C)c1cc2ccc3c(-c4ccc(-c5cccc6c5oc5ccccc56)cc4)cc(-c4ccccn4)c4ccc(c1)c2c34. The molecule has 0 spiro atoms. The number of hydrogen-bond acceptors (Lipinski definition) is 2. The molecule has 0 aliphatic heterocycles. The van der Waals surface area contributed by atoms with Crippen LogP contribution in [0, 0.1) is 0 Å². The number of pyridine rings is 1. The summed E-state index contributed by atoms with van der Waals surface area (Å²) in [6.07, 6.45) is 1.88. The van der Waals surface area contributed by atoms with E-state index in [1.165, 1.54) is 49.0 Å². The van der Waals surface area contributed by atoms with Crippen LogP contribution in [-0.4, -0.2) is 4.98 Å². The number of benzene rings is 7. The van der Waals surface area contributed by atoms with E-state index in [4.69, 9.17) is 9.40 Å². The summed E-state index contributed by atoms with van der Waals surface area (Å²) >= 11 is 0. The molecule has 0 radical (unpaired) electrons. The predicted octanol–water partition coefficient (Wildman–Crippen LogP) is 12.2. The summed E-state index contributed by atoms with van der Waals surface area (Å²) in [4.78, 5) is 4.80. The summed E-state index contributed by atoms with van der Waals surface area (Å²) in [5, 5.41) is 10.00. The lowest BCUT2D eigenvalue weighted by Gasteiger charge is -2.22. The molecule has 7 aromatic carbocycles. The summed E-state index contributed by atoms with van der Waals surface area (Å²) in [5.74, 6) is 0. The Hall–Kier alpha value is -5.47. The first-order chi connectivity index (χ1) is 21.9. The number of aromatic nitrogens is 1. The molecule has 0 bridgehead atoms. The number of nitrogens with zero attached hydrogens (tertiary/aromatic N) is 1. The van der Waals surface area contributed by atoms with Crippen LogP contribution in [0.3, 0.4) is 0 Å². The van der Waals surface area contributed by atoms with Gasteiger partial charge < -0.3 is 4.42 Å². The quantitative estimate of drug-likeness (QED) is 0.195. The lowest BCUT2D eigenvalue weighted by molar-refractivity contribution is 0.591. The molecule has 2 heterocycles. The van der Waals surface area contributed by atoms with Gasteiger partial charge in [0.15, 0.2) is 0 Å². The highest BCUT2D eigenvalue weighted by molar-refractivity contribution is 6.28. The van der Waals surface area contributed by atoms with Gasteiger partial charge in [-0.1, -0.05) is 124 Å². The van der Waals surface area contributed by atoms with Gasteiger partial charge in [-0.3, -0.25) is 4.98 Å². The van der Waals surface area contributed by atoms with Crippen molar-refractivity contribution >= 4 is 54.3 Å². The lowest BCUT2D eigenvalue weighted by atomic mass is 9.82. The second-order valence-corrected chi connectivity index (χ2v) is 13.2. The Morgan fingerprint density at radius 1 is 0.511 bits per heavy atom. The van der Waals surface area contributed by atoms with Gasteiger partial charge in [0.2, 0.25) is 0 Å². The Bertz CT molecular complexity index is 2530. The Kier molecular flexibility index (Phi) is 5.49. The van der Waals surface area contributed by atoms with Crippen molar-refractivity contribution in [3.8, 4) is 33.5 Å². The Balaban J connectivity index is 1.27. The molecule has 0 N–H and O–H groups in total. The molecule has 0 amide bonds. The Morgan fingerprint density at radius 2 is 1.18 bits per heavy atom. The first-order valence-corrected chi connectivity index (χ1v) is 15.6. The molecule has 0 atom stereocenters. The van der Waals surface area contributed by atoms with Crippen LogP contribution in [0.2, 0.25) is 0 Å². The van der Waals surface area contributed by atoms with Crippen molar-refractivity contribution in [2.45, 2.75) is 26.2 Å². The molecular formula is C43H31NO. The standard InChI is InChI=1S/C43H31NO/c1-43(2,3)30-23-28-18-20-33-36(25-37(38-12-6-7-22-44-38)34-21-19-29(24-30)40(28)41(33)34)27-16-14-26(15-17-27)31-10-8-11-35-32-9-4-5-13-39(32)45-42(31)35/h4-25H,1-3H3. The first-order valence-electron chi connectivity index (χ1n) is 15.6. The summed E-state index contributed by atoms with van der Waals surface area (Å²) in [5.41, 5.74) is 10.1. The molecule has 0 fully saturated rings. The van der Waals surface area contributed by atoms with Gasteiger partial charge in [-0.15, -0.1) is 0 Å². The fourth-order valence-electron chi connectivity index (χ4n) is 7.13. The Labute approximate surface area is 261 Å². The third-order valence-corrected chi connectivity index (χ3v) is 9.43. The number of furan rings is 1. The molecule has 9 aromatic rings. The molecule has 2 heteroatoms. The van der Waals surface area contributed by atoms with Crippen LogP contribution in [-0.2, 0) is 5.41 Å². The van der Waals surface area contributed by atoms with Gasteiger partial charge in [0.1, 0.15) is 11.2 Å². The smallest absolute Gasteiger partial charge is 0.143 e. The molecule has 9 rings (SSSR count). The predicted molar refractivity (Wildman–Crippen MR) is 190 cm³/mol. The summed E-state index contributed by atoms with van der Waals surface area (Å²) in [6, 6.07) is 46.1. The molecule has 2 aromatic heterocycles. The number of fused-ring (bicyclic) bond motifs is 3. The van der Waals surface area contributed by atoms with Gasteiger partial charge in [-0.25, -0.2) is 0 Å². The van der Waals surface area contributed by atoms with Crippen LogP contribution in [0.15, 0.2) is 138 Å². The van der Waals surface area contributed by atoms with Crippen molar-refractivity contribution in [1.29, 1.82) is 0 Å². The van der Waals surface area contributed by atoms with E-state index in [2.05, 4.69) is 130 Å². The second-order valence-electron chi connectivity index (χ2n) is 13.2. The molecular weight excluding hydrogens is 546 g/mol. The van der Waals surface area contributed by atoms with Crippen molar-refractivity contribution in [2.24, 2.45) is 0 Å². The molecule has 45 heavy (non-hydrogen) atoms. The average Bonchev–Trinajstić information content (AvgIpc) is 3.46. The summed E-state index contributed by atoms with van der Waals surface area (Å²) in [7, 11) is 0. The number of hydrogen-bond donors (Lipinski definition) is 0. The van der Waals surface area contributed by atoms with Crippen LogP contribution in [0.25, 0.3) is 87.8 Å². The van der Waals surface area contributed by atoms with Crippen molar-refractivity contribution in [2.75, 3.05) is 0 Å². The van der Waals surface area contributed by atoms with E-state index in [0.717, 1.165) is 44.3 Å². The summed E-state index contributed by atoms with van der Waals surface area (Å²) in [6.45, 7) is 6.86. The highest BCUT2D eigenvalue weighted by Crippen LogP contribution is 2.45. The zero-order chi connectivity index (χ0) is 30.3. The third kappa shape index (κ3) is 3.99. The monoisotopic (exact) mass is 577 g/mol. The van der Waals surface area contributed by atoms with Gasteiger partial charge in [-0.2, -0.15) is 0 Å². The zero-order valence-corrected chi connectivity index (χ0v) is 25.6. The molecule has 0 aliphatic rings. The van der Waals surface area contributed by atoms with Crippen LogP contribution < -0.4 is 0 Å². The van der Waals surface area contributed by atoms with Gasteiger partial charge in [0.05, 0.1) is 5.69 Å². The van der Waals surface area contributed by atoms with E-state index in [1.807, 2.05) is 24.4 Å². The third-order valence-electron chi connectivity index (χ3n) is 9.43. The largest absolute Gasteiger partial charge is 0.455 e. The second kappa shape index (κ2) is 9.51. The topological polar surface area (TPSA) is 26.0 Å². The van der Waals surface area contributed by atoms with E-state index in [1.54, 1.807) is 0 Å². The molecule has 0 aliphatic carbocycles. The van der Waals surface area contributed by atoms with Crippen LogP contribution in [0.5, 0.6) is 0 Å². The number of rotatable bonds is 3. The van der Waals surface area contributed by atoms with Crippen LogP contribution >= 0.6 is 0 Å². The molecule has 2 nitrogen and oxygen atoms in total. The van der Waals surface area contributed by atoms with Gasteiger partial charge >= 0.3 is 0 Å². The minimum absolute atomic E-state index is 0.0726. The zero-order valence-electron chi connectivity index (χ0n) is 25.6. The van der Waals surface area contributed by atoms with Crippen LogP contribution in [0.4, 0.5) is 0 Å². The molecule has 0 saturated carbocycles. The van der Waals surface area contributed by atoms with E-state index >= 15 is 0 Å². The van der Waals surface area contributed by atoms with Crippen LogP contribution in [0.1, 0.15) is 26.3 Å². The van der Waals surface area contributed by atoms with Crippen molar-refractivity contribution in [3.63, 3.8) is 0 Å². The fraction of sp³-hybridized carbons (Fsp3) is 0.0930. The number of para-hydroxylation sites is 2. The average molecular weight is 578 g/mol. The van der Waals surface area contributed by atoms with Crippen molar-refractivity contribution in [3.05, 3.63) is 139 Å². The van der Waals surface area contributed by atoms with Crippen molar-refractivity contribution < 1.29 is 4.42 Å². The van der Waals surface area contributed by atoms with Gasteiger partial charge in [0, 0.05) is 28.1 Å². The molecule has 0 unspecified atom stereocenters. The molecule has 0 saturated heterocycles.